The fourth-order valence-electron chi connectivity index (χ4n) is 4.12. The Morgan fingerprint density at radius 2 is 1.60 bits per heavy atom. The Morgan fingerprint density at radius 1 is 1.00 bits per heavy atom. The van der Waals surface area contributed by atoms with Gasteiger partial charge in [-0.3, -0.25) is 0 Å². The number of amides is 1. The molecule has 1 aliphatic carbocycles. The number of fused-ring (bicyclic) bond motifs is 3. The zero-order chi connectivity index (χ0) is 25.2. The van der Waals surface area contributed by atoms with E-state index in [1.165, 1.54) is 12.1 Å². The van der Waals surface area contributed by atoms with Crippen molar-refractivity contribution in [2.24, 2.45) is 0 Å². The summed E-state index contributed by atoms with van der Waals surface area (Å²) in [5, 5.41) is 23.0. The van der Waals surface area contributed by atoms with Gasteiger partial charge in [0, 0.05) is 22.5 Å². The highest BCUT2D eigenvalue weighted by molar-refractivity contribution is 9.10. The van der Waals surface area contributed by atoms with Crippen molar-refractivity contribution in [1.82, 2.24) is 5.32 Å². The second kappa shape index (κ2) is 10.3. The Labute approximate surface area is 207 Å². The van der Waals surface area contributed by atoms with E-state index >= 15 is 0 Å². The van der Waals surface area contributed by atoms with Crippen LogP contribution in [0.5, 0.6) is 5.75 Å². The monoisotopic (exact) mass is 551 g/mol. The molecule has 0 saturated heterocycles. The van der Waals surface area contributed by atoms with Crippen molar-refractivity contribution in [2.75, 3.05) is 13.2 Å². The number of halogens is 4. The van der Waals surface area contributed by atoms with E-state index in [0.717, 1.165) is 28.3 Å². The third-order valence-electron chi connectivity index (χ3n) is 5.68. The van der Waals surface area contributed by atoms with Crippen LogP contribution in [-0.4, -0.2) is 41.9 Å². The Hall–Kier alpha value is -3.08. The lowest BCUT2D eigenvalue weighted by molar-refractivity contribution is -0.275. The lowest BCUT2D eigenvalue weighted by atomic mass is 9.98. The highest BCUT2D eigenvalue weighted by Crippen LogP contribution is 2.44. The van der Waals surface area contributed by atoms with Crippen molar-refractivity contribution in [2.45, 2.75) is 24.5 Å². The fourth-order valence-corrected chi connectivity index (χ4v) is 4.46. The normalized spacial score (nSPS) is 14.6. The number of hydrogen-bond acceptors (Lipinski definition) is 5. The second-order valence-electron chi connectivity index (χ2n) is 7.95. The lowest BCUT2D eigenvalue weighted by Crippen LogP contribution is -2.36. The van der Waals surface area contributed by atoms with E-state index < -0.39 is 37.0 Å². The Morgan fingerprint density at radius 3 is 2.20 bits per heavy atom. The number of carbonyl (C=O) groups is 1. The van der Waals surface area contributed by atoms with Gasteiger partial charge in [-0.05, 0) is 34.4 Å². The molecule has 35 heavy (non-hydrogen) atoms. The van der Waals surface area contributed by atoms with Crippen LogP contribution in [0.15, 0.2) is 71.2 Å². The third-order valence-corrected chi connectivity index (χ3v) is 6.18. The molecule has 0 aliphatic heterocycles. The predicted octanol–water partition coefficient (Wildman–Crippen LogP) is 5.28. The molecular formula is C25H21BrF3NO5. The van der Waals surface area contributed by atoms with Crippen molar-refractivity contribution in [3.05, 3.63) is 87.9 Å². The van der Waals surface area contributed by atoms with Gasteiger partial charge in [0.1, 0.15) is 24.6 Å². The zero-order valence-corrected chi connectivity index (χ0v) is 19.7. The van der Waals surface area contributed by atoms with Gasteiger partial charge in [-0.15, -0.1) is 13.2 Å². The van der Waals surface area contributed by atoms with Crippen molar-refractivity contribution >= 4 is 22.0 Å². The van der Waals surface area contributed by atoms with Crippen molar-refractivity contribution in [3.63, 3.8) is 0 Å². The van der Waals surface area contributed by atoms with Crippen LogP contribution in [0.2, 0.25) is 0 Å². The molecule has 4 rings (SSSR count). The third kappa shape index (κ3) is 5.77. The van der Waals surface area contributed by atoms with E-state index in [9.17, 15) is 28.2 Å². The number of aliphatic hydroxyl groups is 2. The molecule has 3 aromatic carbocycles. The van der Waals surface area contributed by atoms with Crippen LogP contribution in [0.3, 0.4) is 0 Å². The zero-order valence-electron chi connectivity index (χ0n) is 18.1. The van der Waals surface area contributed by atoms with Crippen LogP contribution in [0, 0.1) is 0 Å². The lowest BCUT2D eigenvalue weighted by Gasteiger charge is -2.22. The number of ether oxygens (including phenoxy) is 2. The summed E-state index contributed by atoms with van der Waals surface area (Å²) in [6, 6.07) is 19.3. The molecule has 6 nitrogen and oxygen atoms in total. The number of alkyl halides is 3. The standard InChI is InChI=1S/C25H21BrF3NO5/c26-14-9-10-19(22(11-14)35-25(27,28)29)23(32)21(31)12-30-24(33)34-13-20-17-7-3-1-5-15(17)16-6-2-4-8-18(16)20/h1-11,20-21,23,31-32H,12-13H2,(H,30,33). The molecule has 1 amide bonds. The largest absolute Gasteiger partial charge is 0.573 e. The van der Waals surface area contributed by atoms with Gasteiger partial charge in [-0.25, -0.2) is 4.79 Å². The first-order valence-corrected chi connectivity index (χ1v) is 11.4. The van der Waals surface area contributed by atoms with Crippen molar-refractivity contribution in [3.8, 4) is 16.9 Å². The quantitative estimate of drug-likeness (QED) is 0.372. The number of nitrogens with one attached hydrogen (secondary N) is 1. The second-order valence-corrected chi connectivity index (χ2v) is 8.86. The van der Waals surface area contributed by atoms with Crippen molar-refractivity contribution < 1.29 is 37.7 Å². The molecule has 0 heterocycles. The Kier molecular flexibility index (Phi) is 7.34. The first kappa shape index (κ1) is 25.0. The number of carbonyl (C=O) groups excluding carboxylic acids is 1. The first-order chi connectivity index (χ1) is 16.6. The summed E-state index contributed by atoms with van der Waals surface area (Å²) in [7, 11) is 0. The van der Waals surface area contributed by atoms with E-state index in [2.05, 4.69) is 26.0 Å². The molecular weight excluding hydrogens is 531 g/mol. The summed E-state index contributed by atoms with van der Waals surface area (Å²) in [5.74, 6) is -0.826. The molecule has 2 atom stereocenters. The number of aliphatic hydroxyl groups excluding tert-OH is 2. The van der Waals surface area contributed by atoms with Crippen LogP contribution in [0.25, 0.3) is 11.1 Å². The Balaban J connectivity index is 1.36. The van der Waals surface area contributed by atoms with Gasteiger partial charge < -0.3 is 25.0 Å². The van der Waals surface area contributed by atoms with Gasteiger partial charge in [0.25, 0.3) is 0 Å². The Bertz CT molecular complexity index is 1170. The topological polar surface area (TPSA) is 88.0 Å². The van der Waals surface area contributed by atoms with E-state index in [-0.39, 0.29) is 18.1 Å². The predicted molar refractivity (Wildman–Crippen MR) is 125 cm³/mol. The first-order valence-electron chi connectivity index (χ1n) is 10.6. The molecule has 0 saturated carbocycles. The summed E-state index contributed by atoms with van der Waals surface area (Å²) in [6.45, 7) is -0.409. The molecule has 0 spiro atoms. The van der Waals surface area contributed by atoms with E-state index in [1.54, 1.807) is 0 Å². The van der Waals surface area contributed by atoms with Gasteiger partial charge >= 0.3 is 12.5 Å². The smallest absolute Gasteiger partial charge is 0.449 e. The van der Waals surface area contributed by atoms with Gasteiger partial charge in [-0.1, -0.05) is 70.5 Å². The SMILES string of the molecule is O=C(NCC(O)C(O)c1ccc(Br)cc1OC(F)(F)F)OCC1c2ccccc2-c2ccccc21. The van der Waals surface area contributed by atoms with Crippen LogP contribution in [-0.2, 0) is 4.74 Å². The number of hydrogen-bond donors (Lipinski definition) is 3. The minimum atomic E-state index is -4.99. The summed E-state index contributed by atoms with van der Waals surface area (Å²) in [6.07, 6.45) is -9.19. The minimum absolute atomic E-state index is 0.0504. The summed E-state index contributed by atoms with van der Waals surface area (Å²) in [5.41, 5.74) is 3.92. The van der Waals surface area contributed by atoms with E-state index in [4.69, 9.17) is 4.74 Å². The molecule has 0 bridgehead atoms. The van der Waals surface area contributed by atoms with Crippen LogP contribution in [0.4, 0.5) is 18.0 Å². The molecule has 0 radical (unpaired) electrons. The summed E-state index contributed by atoms with van der Waals surface area (Å²) in [4.78, 5) is 12.3. The van der Waals surface area contributed by atoms with Crippen molar-refractivity contribution in [1.29, 1.82) is 0 Å². The molecule has 10 heteroatoms. The minimum Gasteiger partial charge on any atom is -0.449 e. The molecule has 2 unspecified atom stereocenters. The molecule has 3 N–H and O–H groups in total. The average molecular weight is 552 g/mol. The highest BCUT2D eigenvalue weighted by Gasteiger charge is 2.34. The number of alkyl carbamates (subject to hydrolysis) is 1. The molecule has 0 aromatic heterocycles. The summed E-state index contributed by atoms with van der Waals surface area (Å²) >= 11 is 3.04. The summed E-state index contributed by atoms with van der Waals surface area (Å²) < 4.78 is 47.7. The van der Waals surface area contributed by atoms with Gasteiger partial charge in [0.15, 0.2) is 0 Å². The van der Waals surface area contributed by atoms with Gasteiger partial charge in [0.05, 0.1) is 0 Å². The number of benzene rings is 3. The van der Waals surface area contributed by atoms with E-state index in [1.807, 2.05) is 48.5 Å². The van der Waals surface area contributed by atoms with Crippen LogP contribution in [0.1, 0.15) is 28.7 Å². The van der Waals surface area contributed by atoms with Crippen LogP contribution < -0.4 is 10.1 Å². The highest BCUT2D eigenvalue weighted by atomic mass is 79.9. The molecule has 1 aliphatic rings. The maximum Gasteiger partial charge on any atom is 0.573 e. The maximum atomic E-state index is 12.7. The fraction of sp³-hybridized carbons (Fsp3) is 0.240. The molecule has 184 valence electrons. The van der Waals surface area contributed by atoms with Crippen LogP contribution >= 0.6 is 15.9 Å². The van der Waals surface area contributed by atoms with E-state index in [0.29, 0.717) is 4.47 Å². The molecule has 3 aromatic rings. The van der Waals surface area contributed by atoms with Gasteiger partial charge in [0.2, 0.25) is 0 Å². The van der Waals surface area contributed by atoms with Gasteiger partial charge in [-0.2, -0.15) is 0 Å². The average Bonchev–Trinajstić information content (AvgIpc) is 3.13. The maximum absolute atomic E-state index is 12.7. The number of rotatable bonds is 7. The molecule has 0 fully saturated rings.